The van der Waals surface area contributed by atoms with Crippen LogP contribution < -0.4 is 0 Å². The van der Waals surface area contributed by atoms with Gasteiger partial charge in [-0.1, -0.05) is 20.8 Å². The van der Waals surface area contributed by atoms with E-state index >= 15 is 0 Å². The molecule has 0 N–H and O–H groups in total. The molecule has 2 saturated heterocycles. The van der Waals surface area contributed by atoms with E-state index < -0.39 is 21.1 Å². The Morgan fingerprint density at radius 1 is 1.25 bits per heavy atom. The Bertz CT molecular complexity index is 967. The first-order valence-corrected chi connectivity index (χ1v) is 15.1. The highest BCUT2D eigenvalue weighted by Gasteiger charge is 2.92. The van der Waals surface area contributed by atoms with E-state index in [0.717, 1.165) is 30.4 Å². The third kappa shape index (κ3) is 2.37. The normalized spacial score (nSPS) is 51.3. The molecular weight excluding hydrogens is 428 g/mol. The van der Waals surface area contributed by atoms with Crippen molar-refractivity contribution in [3.63, 3.8) is 0 Å². The number of cyclic esters (lactones) is 1. The summed E-state index contributed by atoms with van der Waals surface area (Å²) in [5.41, 5.74) is 0.991. The lowest BCUT2D eigenvalue weighted by Crippen LogP contribution is -2.73. The minimum atomic E-state index is -2.15. The lowest BCUT2D eigenvalue weighted by Gasteiger charge is -2.61. The lowest BCUT2D eigenvalue weighted by molar-refractivity contribution is -0.268. The van der Waals surface area contributed by atoms with Gasteiger partial charge in [-0.3, -0.25) is 4.21 Å². The van der Waals surface area contributed by atoms with Gasteiger partial charge in [0.15, 0.2) is 0 Å². The van der Waals surface area contributed by atoms with Gasteiger partial charge in [0.2, 0.25) is 0 Å². The van der Waals surface area contributed by atoms with Crippen LogP contribution in [0.2, 0.25) is 0 Å². The largest absolute Gasteiger partial charge is 0.458 e. The van der Waals surface area contributed by atoms with Crippen molar-refractivity contribution in [2.24, 2.45) is 28.6 Å². The number of thiol groups is 1. The van der Waals surface area contributed by atoms with Crippen molar-refractivity contribution in [2.75, 3.05) is 38.1 Å². The first-order chi connectivity index (χ1) is 14.9. The van der Waals surface area contributed by atoms with Gasteiger partial charge < -0.3 is 18.9 Å². The van der Waals surface area contributed by atoms with Crippen LogP contribution in [0.3, 0.4) is 0 Å². The zero-order chi connectivity index (χ0) is 22.9. The van der Waals surface area contributed by atoms with Crippen LogP contribution in [-0.4, -0.2) is 71.7 Å². The molecule has 0 radical (unpaired) electrons. The zero-order valence-electron chi connectivity index (χ0n) is 20.2. The first-order valence-electron chi connectivity index (χ1n) is 12.3. The van der Waals surface area contributed by atoms with Gasteiger partial charge in [0.05, 0.1) is 25.4 Å². The van der Waals surface area contributed by atoms with E-state index in [-0.39, 0.29) is 34.9 Å². The third-order valence-electron chi connectivity index (χ3n) is 10.3. The monoisotopic (exact) mass is 466 g/mol. The maximum absolute atomic E-state index is 12.4. The topological polar surface area (TPSA) is 74.4 Å². The van der Waals surface area contributed by atoms with Crippen LogP contribution >= 0.6 is 0 Å². The Hall–Kier alpha value is -0.760. The molecule has 32 heavy (non-hydrogen) atoms. The van der Waals surface area contributed by atoms with Gasteiger partial charge in [0, 0.05) is 28.1 Å². The second-order valence-electron chi connectivity index (χ2n) is 12.4. The summed E-state index contributed by atoms with van der Waals surface area (Å²) in [7, 11) is -2.15. The Balaban J connectivity index is 1.40. The number of epoxide rings is 1. The van der Waals surface area contributed by atoms with Gasteiger partial charge in [-0.05, 0) is 56.1 Å². The van der Waals surface area contributed by atoms with Crippen molar-refractivity contribution < 1.29 is 28.0 Å². The molecule has 0 amide bonds. The number of esters is 1. The molecular formula is C25H38O6S. The second-order valence-corrected chi connectivity index (χ2v) is 16.0. The van der Waals surface area contributed by atoms with Crippen LogP contribution in [0.4, 0.5) is 0 Å². The van der Waals surface area contributed by atoms with Crippen LogP contribution in [0.25, 0.3) is 0 Å². The van der Waals surface area contributed by atoms with Gasteiger partial charge in [-0.25, -0.2) is 4.79 Å². The van der Waals surface area contributed by atoms with Crippen LogP contribution in [-0.2, 0) is 33.7 Å². The Morgan fingerprint density at radius 3 is 2.69 bits per heavy atom. The van der Waals surface area contributed by atoms with E-state index in [1.165, 1.54) is 0 Å². The molecule has 6 nitrogen and oxygen atoms in total. The Kier molecular flexibility index (Phi) is 4.26. The summed E-state index contributed by atoms with van der Waals surface area (Å²) in [5.74, 6) is 1.53. The number of hydrogen-bond donors (Lipinski definition) is 1. The summed E-state index contributed by atoms with van der Waals surface area (Å²) in [4.78, 5) is 12.3. The predicted molar refractivity (Wildman–Crippen MR) is 122 cm³/mol. The number of fused-ring (bicyclic) bond motifs is 4. The summed E-state index contributed by atoms with van der Waals surface area (Å²) in [6, 6.07) is 0. The van der Waals surface area contributed by atoms with Crippen LogP contribution in [0.15, 0.2) is 11.1 Å². The summed E-state index contributed by atoms with van der Waals surface area (Å²) in [5, 5.41) is 0. The van der Waals surface area contributed by atoms with Crippen molar-refractivity contribution in [1.82, 2.24) is 0 Å². The minimum absolute atomic E-state index is 0.0552. The van der Waals surface area contributed by atoms with Gasteiger partial charge in [-0.2, -0.15) is 0 Å². The fourth-order valence-corrected chi connectivity index (χ4v) is 9.03. The fourth-order valence-electron chi connectivity index (χ4n) is 8.48. The molecule has 0 bridgehead atoms. The highest BCUT2D eigenvalue weighted by Crippen LogP contribution is 2.82. The molecule has 7 heteroatoms. The smallest absolute Gasteiger partial charge is 0.334 e. The van der Waals surface area contributed by atoms with Gasteiger partial charge in [0.25, 0.3) is 0 Å². The highest BCUT2D eigenvalue weighted by atomic mass is 32.2. The summed E-state index contributed by atoms with van der Waals surface area (Å²) in [6.45, 7) is 10.6. The lowest BCUT2D eigenvalue weighted by atomic mass is 9.49. The molecule has 2 saturated carbocycles. The molecule has 3 heterocycles. The molecule has 8 atom stereocenters. The molecule has 4 fully saturated rings. The molecule has 0 aromatic heterocycles. The fraction of sp³-hybridized carbons (Fsp3) is 0.880. The number of carbonyl (C=O) groups is 1. The maximum Gasteiger partial charge on any atom is 0.334 e. The van der Waals surface area contributed by atoms with Gasteiger partial charge in [0.1, 0.15) is 17.8 Å². The molecule has 6 rings (SSSR count). The van der Waals surface area contributed by atoms with Crippen molar-refractivity contribution in [2.45, 2.75) is 70.4 Å². The maximum atomic E-state index is 12.4. The minimum Gasteiger partial charge on any atom is -0.458 e. The van der Waals surface area contributed by atoms with Crippen molar-refractivity contribution in [1.29, 1.82) is 0 Å². The average Bonchev–Trinajstić information content (AvgIpc) is 3.57. The number of carbonyl (C=O) groups excluding carboxylic acids is 1. The Labute approximate surface area is 192 Å². The number of rotatable bonds is 5. The van der Waals surface area contributed by atoms with E-state index in [1.54, 1.807) is 0 Å². The standard InChI is InChI=1S/C25H38O6S/c1-14(2)24-11-17(24)19-25(31-19)22(3)8-7-15-16(12-29-20(15)26)18(22)13-30-23(25,4)21(24)28-9-10-32(5,6)27/h14,17-19,21,32H,7-13H2,1-6H3/t17-,18-,19-,21-,22-,23+,24+,25+/m0/s1. The molecule has 3 aliphatic carbocycles. The van der Waals surface area contributed by atoms with E-state index in [0.29, 0.717) is 37.4 Å². The third-order valence-corrected chi connectivity index (χ3v) is 11.6. The molecule has 0 aromatic rings. The predicted octanol–water partition coefficient (Wildman–Crippen LogP) is 2.52. The Morgan fingerprint density at radius 2 is 2.00 bits per heavy atom. The molecule has 1 spiro atoms. The summed E-state index contributed by atoms with van der Waals surface area (Å²) in [6.07, 6.45) is 6.54. The van der Waals surface area contributed by atoms with Crippen molar-refractivity contribution in [3.8, 4) is 0 Å². The van der Waals surface area contributed by atoms with Crippen molar-refractivity contribution >= 4 is 15.9 Å². The molecule has 180 valence electrons. The zero-order valence-corrected chi connectivity index (χ0v) is 21.1. The van der Waals surface area contributed by atoms with Gasteiger partial charge >= 0.3 is 5.97 Å². The molecule has 0 aromatic carbocycles. The van der Waals surface area contributed by atoms with E-state index in [4.69, 9.17) is 18.9 Å². The second kappa shape index (κ2) is 6.27. The molecule has 3 aliphatic heterocycles. The van der Waals surface area contributed by atoms with E-state index in [2.05, 4.69) is 27.7 Å². The molecule has 0 unspecified atom stereocenters. The average molecular weight is 467 g/mol. The summed E-state index contributed by atoms with van der Waals surface area (Å²) < 4.78 is 38.2. The quantitative estimate of drug-likeness (QED) is 0.381. The van der Waals surface area contributed by atoms with E-state index in [9.17, 15) is 9.00 Å². The van der Waals surface area contributed by atoms with E-state index in [1.807, 2.05) is 12.5 Å². The number of ether oxygens (including phenoxy) is 4. The van der Waals surface area contributed by atoms with Crippen molar-refractivity contribution in [3.05, 3.63) is 11.1 Å². The van der Waals surface area contributed by atoms with Crippen LogP contribution in [0, 0.1) is 28.6 Å². The SMILES string of the molecule is CC(C)[C@]12C[C@H]1[C@@H]1O[C@@]13[C@@]1(C)CCC4=C(COC4=O)[C@@H]1CO[C@]3(C)[C@@H]2OCC[SH](C)(C)=O. The number of hydrogen-bond acceptors (Lipinski definition) is 6. The van der Waals surface area contributed by atoms with Crippen LogP contribution in [0.1, 0.15) is 47.0 Å². The van der Waals surface area contributed by atoms with Gasteiger partial charge in [-0.15, -0.1) is 9.93 Å². The molecule has 6 aliphatic rings. The summed E-state index contributed by atoms with van der Waals surface area (Å²) >= 11 is 0. The first kappa shape index (κ1) is 21.8. The van der Waals surface area contributed by atoms with Crippen LogP contribution in [0.5, 0.6) is 0 Å². The highest BCUT2D eigenvalue weighted by molar-refractivity contribution is 8.01.